The Morgan fingerprint density at radius 3 is 2.72 bits per heavy atom. The zero-order chi connectivity index (χ0) is 17.8. The molecule has 2 aromatic rings. The number of rotatable bonds is 5. The summed E-state index contributed by atoms with van der Waals surface area (Å²) < 4.78 is 5.19. The minimum absolute atomic E-state index is 0.0189. The molecule has 6 heteroatoms. The van der Waals surface area contributed by atoms with Gasteiger partial charge in [-0.2, -0.15) is 0 Å². The first-order chi connectivity index (χ1) is 12.1. The van der Waals surface area contributed by atoms with Gasteiger partial charge in [0.15, 0.2) is 0 Å². The highest BCUT2D eigenvalue weighted by atomic mass is 16.3. The Bertz CT molecular complexity index is 740. The van der Waals surface area contributed by atoms with Crippen molar-refractivity contribution in [1.82, 2.24) is 10.6 Å². The number of carbonyl (C=O) groups is 2. The van der Waals surface area contributed by atoms with E-state index in [0.29, 0.717) is 12.3 Å². The molecule has 0 fully saturated rings. The third-order valence-electron chi connectivity index (χ3n) is 4.38. The van der Waals surface area contributed by atoms with Crippen molar-refractivity contribution >= 4 is 17.6 Å². The molecule has 3 amide bonds. The average Bonchev–Trinajstić information content (AvgIpc) is 3.26. The number of urea groups is 1. The molecule has 0 aliphatic carbocycles. The summed E-state index contributed by atoms with van der Waals surface area (Å²) in [6.07, 6.45) is 2.40. The first-order valence-corrected chi connectivity index (χ1v) is 8.52. The van der Waals surface area contributed by atoms with Crippen molar-refractivity contribution in [3.8, 4) is 0 Å². The van der Waals surface area contributed by atoms with Crippen LogP contribution in [-0.2, 0) is 17.8 Å². The number of benzene rings is 1. The predicted octanol–water partition coefficient (Wildman–Crippen LogP) is 2.69. The molecular formula is C19H23N3O3. The molecule has 1 aromatic carbocycles. The molecule has 25 heavy (non-hydrogen) atoms. The molecule has 0 spiro atoms. The first-order valence-electron chi connectivity index (χ1n) is 8.52. The van der Waals surface area contributed by atoms with Crippen LogP contribution in [0.25, 0.3) is 0 Å². The topological polar surface area (TPSA) is 74.6 Å². The summed E-state index contributed by atoms with van der Waals surface area (Å²) in [6.45, 7) is 4.79. The number of carbonyl (C=O) groups excluding carboxylic acids is 2. The van der Waals surface area contributed by atoms with E-state index in [1.54, 1.807) is 23.3 Å². The normalized spacial score (nSPS) is 14.3. The molecule has 0 bridgehead atoms. The van der Waals surface area contributed by atoms with Gasteiger partial charge in [-0.15, -0.1) is 0 Å². The Morgan fingerprint density at radius 2 is 2.00 bits per heavy atom. The van der Waals surface area contributed by atoms with Crippen molar-refractivity contribution in [1.29, 1.82) is 0 Å². The van der Waals surface area contributed by atoms with Crippen LogP contribution in [0.3, 0.4) is 0 Å². The number of hydrogen-bond donors (Lipinski definition) is 2. The molecular weight excluding hydrogens is 318 g/mol. The summed E-state index contributed by atoms with van der Waals surface area (Å²) in [5, 5.41) is 5.52. The third kappa shape index (κ3) is 3.84. The van der Waals surface area contributed by atoms with Gasteiger partial charge in [0.1, 0.15) is 11.8 Å². The molecule has 132 valence electrons. The van der Waals surface area contributed by atoms with Crippen LogP contribution in [0.1, 0.15) is 25.2 Å². The Labute approximate surface area is 147 Å². The largest absolute Gasteiger partial charge is 0.467 e. The Kier molecular flexibility index (Phi) is 5.07. The van der Waals surface area contributed by atoms with Crippen molar-refractivity contribution in [3.63, 3.8) is 0 Å². The van der Waals surface area contributed by atoms with Gasteiger partial charge in [-0.05, 0) is 36.1 Å². The van der Waals surface area contributed by atoms with Crippen molar-refractivity contribution < 1.29 is 14.0 Å². The summed E-state index contributed by atoms with van der Waals surface area (Å²) in [5.41, 5.74) is 2.11. The highest BCUT2D eigenvalue weighted by Crippen LogP contribution is 2.28. The lowest BCUT2D eigenvalue weighted by atomic mass is 10.0. The second-order valence-corrected chi connectivity index (χ2v) is 6.50. The fourth-order valence-corrected chi connectivity index (χ4v) is 3.02. The predicted molar refractivity (Wildman–Crippen MR) is 95.2 cm³/mol. The Balaban J connectivity index is 1.64. The number of amides is 3. The molecule has 2 heterocycles. The second kappa shape index (κ2) is 7.42. The van der Waals surface area contributed by atoms with Gasteiger partial charge >= 0.3 is 6.03 Å². The Morgan fingerprint density at radius 1 is 1.20 bits per heavy atom. The standard InChI is InChI=1S/C19H23N3O3/c1-13(2)17(21-19(24)20-12-15-7-5-11-25-15)18(23)22-10-9-14-6-3-4-8-16(14)22/h3-8,11,13,17H,9-10,12H2,1-2H3,(H2,20,21,24). The summed E-state index contributed by atoms with van der Waals surface area (Å²) in [7, 11) is 0. The fourth-order valence-electron chi connectivity index (χ4n) is 3.02. The van der Waals surface area contributed by atoms with Crippen LogP contribution in [0.5, 0.6) is 0 Å². The van der Waals surface area contributed by atoms with Crippen LogP contribution in [0.2, 0.25) is 0 Å². The average molecular weight is 341 g/mol. The van der Waals surface area contributed by atoms with Crippen LogP contribution in [0.4, 0.5) is 10.5 Å². The van der Waals surface area contributed by atoms with Gasteiger partial charge in [-0.3, -0.25) is 4.79 Å². The maximum absolute atomic E-state index is 13.0. The molecule has 1 aliphatic heterocycles. The lowest BCUT2D eigenvalue weighted by Gasteiger charge is -2.27. The number of para-hydroxylation sites is 1. The van der Waals surface area contributed by atoms with Crippen LogP contribution >= 0.6 is 0 Å². The number of anilines is 1. The van der Waals surface area contributed by atoms with Gasteiger partial charge in [-0.1, -0.05) is 32.0 Å². The van der Waals surface area contributed by atoms with Gasteiger partial charge in [0.25, 0.3) is 0 Å². The van der Waals surface area contributed by atoms with Crippen molar-refractivity contribution in [3.05, 3.63) is 54.0 Å². The molecule has 6 nitrogen and oxygen atoms in total. The minimum Gasteiger partial charge on any atom is -0.467 e. The van der Waals surface area contributed by atoms with Gasteiger partial charge in [0.05, 0.1) is 12.8 Å². The van der Waals surface area contributed by atoms with Crippen LogP contribution in [-0.4, -0.2) is 24.5 Å². The van der Waals surface area contributed by atoms with Gasteiger partial charge in [0.2, 0.25) is 5.91 Å². The van der Waals surface area contributed by atoms with Crippen molar-refractivity contribution in [2.24, 2.45) is 5.92 Å². The van der Waals surface area contributed by atoms with Gasteiger partial charge in [0, 0.05) is 12.2 Å². The van der Waals surface area contributed by atoms with E-state index in [0.717, 1.165) is 12.1 Å². The summed E-state index contributed by atoms with van der Waals surface area (Å²) in [6, 6.07) is 10.5. The number of fused-ring (bicyclic) bond motifs is 1. The highest BCUT2D eigenvalue weighted by Gasteiger charge is 2.32. The van der Waals surface area contributed by atoms with Crippen molar-refractivity contribution in [2.45, 2.75) is 32.9 Å². The maximum Gasteiger partial charge on any atom is 0.315 e. The number of hydrogen-bond acceptors (Lipinski definition) is 3. The molecule has 3 rings (SSSR count). The molecule has 0 saturated heterocycles. The van der Waals surface area contributed by atoms with Crippen LogP contribution in [0, 0.1) is 5.92 Å². The molecule has 0 radical (unpaired) electrons. The lowest BCUT2D eigenvalue weighted by molar-refractivity contribution is -0.121. The van der Waals surface area contributed by atoms with E-state index in [9.17, 15) is 9.59 Å². The molecule has 1 aromatic heterocycles. The van der Waals surface area contributed by atoms with E-state index in [1.165, 1.54) is 5.56 Å². The van der Waals surface area contributed by atoms with E-state index in [2.05, 4.69) is 10.6 Å². The molecule has 2 N–H and O–H groups in total. The maximum atomic E-state index is 13.0. The quantitative estimate of drug-likeness (QED) is 0.878. The zero-order valence-electron chi connectivity index (χ0n) is 14.5. The van der Waals surface area contributed by atoms with Gasteiger partial charge < -0.3 is 20.0 Å². The Hall–Kier alpha value is -2.76. The summed E-state index contributed by atoms with van der Waals surface area (Å²) in [5.74, 6) is 0.568. The molecule has 1 atom stereocenters. The van der Waals surface area contributed by atoms with Crippen LogP contribution < -0.4 is 15.5 Å². The SMILES string of the molecule is CC(C)C(NC(=O)NCc1ccco1)C(=O)N1CCc2ccccc21. The van der Waals surface area contributed by atoms with E-state index < -0.39 is 6.04 Å². The van der Waals surface area contributed by atoms with E-state index >= 15 is 0 Å². The zero-order valence-corrected chi connectivity index (χ0v) is 14.5. The second-order valence-electron chi connectivity index (χ2n) is 6.50. The lowest BCUT2D eigenvalue weighted by Crippen LogP contribution is -2.53. The molecule has 1 unspecified atom stereocenters. The minimum atomic E-state index is -0.581. The highest BCUT2D eigenvalue weighted by molar-refractivity contribution is 6.00. The number of nitrogens with zero attached hydrogens (tertiary/aromatic N) is 1. The summed E-state index contributed by atoms with van der Waals surface area (Å²) >= 11 is 0. The van der Waals surface area contributed by atoms with E-state index in [-0.39, 0.29) is 24.4 Å². The smallest absolute Gasteiger partial charge is 0.315 e. The first kappa shape index (κ1) is 17.1. The molecule has 1 aliphatic rings. The third-order valence-corrected chi connectivity index (χ3v) is 4.38. The van der Waals surface area contributed by atoms with Gasteiger partial charge in [-0.25, -0.2) is 4.79 Å². The fraction of sp³-hybridized carbons (Fsp3) is 0.368. The van der Waals surface area contributed by atoms with E-state index in [4.69, 9.17) is 4.42 Å². The molecule has 0 saturated carbocycles. The van der Waals surface area contributed by atoms with Crippen LogP contribution in [0.15, 0.2) is 47.1 Å². The number of nitrogens with one attached hydrogen (secondary N) is 2. The monoisotopic (exact) mass is 341 g/mol. The van der Waals surface area contributed by atoms with Crippen molar-refractivity contribution in [2.75, 3.05) is 11.4 Å². The summed E-state index contributed by atoms with van der Waals surface area (Å²) in [4.78, 5) is 26.9. The van der Waals surface area contributed by atoms with E-state index in [1.807, 2.05) is 38.1 Å². The number of furan rings is 1.